The van der Waals surface area contributed by atoms with Crippen LogP contribution >= 0.6 is 0 Å². The van der Waals surface area contributed by atoms with Crippen LogP contribution in [0.3, 0.4) is 0 Å². The summed E-state index contributed by atoms with van der Waals surface area (Å²) < 4.78 is 4.59. The van der Waals surface area contributed by atoms with E-state index in [-0.39, 0.29) is 11.3 Å². The standard InChI is InChI=1S/C10H15N3O3/c1-12-8-4-6(10(14)16-3)7(11)5-9(8)13(2)15/h4-5,12,15H,11H2,1-3H3. The lowest BCUT2D eigenvalue weighted by Crippen LogP contribution is -2.14. The molecule has 0 fully saturated rings. The molecule has 0 aromatic heterocycles. The number of hydroxylamine groups is 1. The molecule has 0 bridgehead atoms. The Morgan fingerprint density at radius 3 is 2.62 bits per heavy atom. The first kappa shape index (κ1) is 12.1. The predicted octanol–water partition coefficient (Wildman–Crippen LogP) is 0.922. The minimum Gasteiger partial charge on any atom is -0.465 e. The Morgan fingerprint density at radius 2 is 2.19 bits per heavy atom. The van der Waals surface area contributed by atoms with Crippen LogP contribution in [-0.2, 0) is 4.74 Å². The van der Waals surface area contributed by atoms with Gasteiger partial charge in [-0.1, -0.05) is 0 Å². The van der Waals surface area contributed by atoms with Crippen LogP contribution in [0.5, 0.6) is 0 Å². The number of carbonyl (C=O) groups excluding carboxylic acids is 1. The van der Waals surface area contributed by atoms with Gasteiger partial charge in [0.25, 0.3) is 0 Å². The molecule has 4 N–H and O–H groups in total. The molecule has 0 heterocycles. The molecule has 16 heavy (non-hydrogen) atoms. The fraction of sp³-hybridized carbons (Fsp3) is 0.300. The fourth-order valence-corrected chi connectivity index (χ4v) is 1.36. The van der Waals surface area contributed by atoms with Gasteiger partial charge in [0, 0.05) is 19.8 Å². The lowest BCUT2D eigenvalue weighted by atomic mass is 10.1. The van der Waals surface area contributed by atoms with Crippen molar-refractivity contribution in [3.05, 3.63) is 17.7 Å². The number of anilines is 3. The zero-order valence-corrected chi connectivity index (χ0v) is 9.44. The molecule has 1 rings (SSSR count). The molecule has 0 unspecified atom stereocenters. The average Bonchev–Trinajstić information content (AvgIpc) is 2.27. The second kappa shape index (κ2) is 4.71. The second-order valence-corrected chi connectivity index (χ2v) is 3.22. The van der Waals surface area contributed by atoms with Gasteiger partial charge in [0.2, 0.25) is 0 Å². The number of hydrogen-bond donors (Lipinski definition) is 3. The highest BCUT2D eigenvalue weighted by Crippen LogP contribution is 2.29. The van der Waals surface area contributed by atoms with Crippen molar-refractivity contribution >= 4 is 23.0 Å². The summed E-state index contributed by atoms with van der Waals surface area (Å²) >= 11 is 0. The first-order valence-corrected chi connectivity index (χ1v) is 4.63. The Kier molecular flexibility index (Phi) is 3.57. The normalized spacial score (nSPS) is 9.75. The minimum atomic E-state index is -0.513. The smallest absolute Gasteiger partial charge is 0.340 e. The number of rotatable bonds is 3. The molecule has 0 saturated heterocycles. The molecule has 0 atom stereocenters. The van der Waals surface area contributed by atoms with Crippen LogP contribution in [0.2, 0.25) is 0 Å². The third kappa shape index (κ3) is 2.17. The Hall–Kier alpha value is -1.95. The molecule has 0 aliphatic carbocycles. The summed E-state index contributed by atoms with van der Waals surface area (Å²) in [4.78, 5) is 11.4. The average molecular weight is 225 g/mol. The quantitative estimate of drug-likeness (QED) is 0.403. The molecule has 0 saturated carbocycles. The van der Waals surface area contributed by atoms with Gasteiger partial charge in [0.15, 0.2) is 0 Å². The van der Waals surface area contributed by atoms with E-state index in [1.807, 2.05) is 0 Å². The van der Waals surface area contributed by atoms with Crippen molar-refractivity contribution < 1.29 is 14.7 Å². The molecule has 0 aliphatic rings. The van der Waals surface area contributed by atoms with Gasteiger partial charge in [0.05, 0.1) is 24.0 Å². The van der Waals surface area contributed by atoms with E-state index in [0.29, 0.717) is 11.4 Å². The number of ether oxygens (including phenoxy) is 1. The Balaban J connectivity index is 3.31. The van der Waals surface area contributed by atoms with Crippen LogP contribution in [-0.4, -0.2) is 32.4 Å². The van der Waals surface area contributed by atoms with Crippen molar-refractivity contribution in [1.29, 1.82) is 0 Å². The van der Waals surface area contributed by atoms with Crippen LogP contribution in [0.4, 0.5) is 17.1 Å². The van der Waals surface area contributed by atoms with Gasteiger partial charge < -0.3 is 15.8 Å². The monoisotopic (exact) mass is 225 g/mol. The highest BCUT2D eigenvalue weighted by molar-refractivity contribution is 5.98. The highest BCUT2D eigenvalue weighted by Gasteiger charge is 2.15. The number of carbonyl (C=O) groups is 1. The molecule has 6 nitrogen and oxygen atoms in total. The van der Waals surface area contributed by atoms with Crippen molar-refractivity contribution in [3.63, 3.8) is 0 Å². The van der Waals surface area contributed by atoms with Crippen LogP contribution in [0.25, 0.3) is 0 Å². The number of nitrogens with two attached hydrogens (primary N) is 1. The molecule has 1 aromatic carbocycles. The lowest BCUT2D eigenvalue weighted by molar-refractivity contribution is 0.0602. The zero-order valence-electron chi connectivity index (χ0n) is 9.44. The second-order valence-electron chi connectivity index (χ2n) is 3.22. The van der Waals surface area contributed by atoms with Crippen LogP contribution in [0.15, 0.2) is 12.1 Å². The maximum absolute atomic E-state index is 11.4. The van der Waals surface area contributed by atoms with Gasteiger partial charge in [0.1, 0.15) is 0 Å². The summed E-state index contributed by atoms with van der Waals surface area (Å²) in [6.45, 7) is 0. The maximum Gasteiger partial charge on any atom is 0.340 e. The molecule has 88 valence electrons. The molecule has 0 amide bonds. The number of nitrogen functional groups attached to an aromatic ring is 1. The summed E-state index contributed by atoms with van der Waals surface area (Å²) in [6, 6.07) is 3.03. The van der Waals surface area contributed by atoms with E-state index in [2.05, 4.69) is 10.1 Å². The number of hydrogen-bond acceptors (Lipinski definition) is 6. The molecule has 1 aromatic rings. The number of methoxy groups -OCH3 is 1. The van der Waals surface area contributed by atoms with Gasteiger partial charge in [-0.3, -0.25) is 10.3 Å². The summed E-state index contributed by atoms with van der Waals surface area (Å²) in [7, 11) is 4.43. The first-order chi connectivity index (χ1) is 7.51. The Bertz CT molecular complexity index is 405. The number of nitrogens with one attached hydrogen (secondary N) is 1. The van der Waals surface area contributed by atoms with E-state index in [9.17, 15) is 10.0 Å². The summed E-state index contributed by atoms with van der Waals surface area (Å²) in [5.74, 6) is -0.513. The van der Waals surface area contributed by atoms with Crippen molar-refractivity contribution in [2.45, 2.75) is 0 Å². The van der Waals surface area contributed by atoms with E-state index in [0.717, 1.165) is 5.06 Å². The number of benzene rings is 1. The van der Waals surface area contributed by atoms with Crippen molar-refractivity contribution in [2.24, 2.45) is 0 Å². The first-order valence-electron chi connectivity index (χ1n) is 4.63. The van der Waals surface area contributed by atoms with Crippen LogP contribution in [0, 0.1) is 0 Å². The Morgan fingerprint density at radius 1 is 1.56 bits per heavy atom. The highest BCUT2D eigenvalue weighted by atomic mass is 16.5. The van der Waals surface area contributed by atoms with E-state index in [4.69, 9.17) is 5.73 Å². The fourth-order valence-electron chi connectivity index (χ4n) is 1.36. The van der Waals surface area contributed by atoms with E-state index in [1.165, 1.54) is 26.3 Å². The third-order valence-corrected chi connectivity index (χ3v) is 2.19. The van der Waals surface area contributed by atoms with Gasteiger partial charge in [-0.15, -0.1) is 0 Å². The van der Waals surface area contributed by atoms with Gasteiger partial charge in [-0.25, -0.2) is 4.79 Å². The van der Waals surface area contributed by atoms with Crippen LogP contribution < -0.4 is 16.1 Å². The summed E-state index contributed by atoms with van der Waals surface area (Å²) in [5, 5.41) is 13.1. The minimum absolute atomic E-state index is 0.252. The zero-order chi connectivity index (χ0) is 12.3. The maximum atomic E-state index is 11.4. The molecule has 0 spiro atoms. The molecular formula is C10H15N3O3. The molecule has 6 heteroatoms. The van der Waals surface area contributed by atoms with E-state index >= 15 is 0 Å². The largest absolute Gasteiger partial charge is 0.465 e. The molecule has 0 radical (unpaired) electrons. The molecule has 0 aliphatic heterocycles. The Labute approximate surface area is 93.6 Å². The van der Waals surface area contributed by atoms with Crippen molar-refractivity contribution in [1.82, 2.24) is 0 Å². The summed E-state index contributed by atoms with van der Waals surface area (Å²) in [5.41, 5.74) is 7.27. The number of esters is 1. The topological polar surface area (TPSA) is 87.8 Å². The third-order valence-electron chi connectivity index (χ3n) is 2.19. The lowest BCUT2D eigenvalue weighted by Gasteiger charge is -2.17. The van der Waals surface area contributed by atoms with Crippen molar-refractivity contribution in [3.8, 4) is 0 Å². The van der Waals surface area contributed by atoms with Crippen LogP contribution in [0.1, 0.15) is 10.4 Å². The number of nitrogens with zero attached hydrogens (tertiary/aromatic N) is 1. The summed E-state index contributed by atoms with van der Waals surface area (Å²) in [6.07, 6.45) is 0. The van der Waals surface area contributed by atoms with Gasteiger partial charge in [-0.05, 0) is 12.1 Å². The van der Waals surface area contributed by atoms with Crippen molar-refractivity contribution in [2.75, 3.05) is 37.3 Å². The van der Waals surface area contributed by atoms with Gasteiger partial charge >= 0.3 is 5.97 Å². The van der Waals surface area contributed by atoms with Gasteiger partial charge in [-0.2, -0.15) is 0 Å². The van der Waals surface area contributed by atoms with E-state index < -0.39 is 5.97 Å². The van der Waals surface area contributed by atoms with E-state index in [1.54, 1.807) is 7.05 Å². The molecular weight excluding hydrogens is 210 g/mol. The SMILES string of the molecule is CNc1cc(C(=O)OC)c(N)cc1N(C)O. The predicted molar refractivity (Wildman–Crippen MR) is 61.9 cm³/mol.